The SMILES string of the molecule is O=C(O)c1c2c(c(CCCl)c3c1OCC3)OCC2. The number of halogens is 1. The van der Waals surface area contributed by atoms with Gasteiger partial charge in [0.25, 0.3) is 0 Å². The maximum atomic E-state index is 11.4. The number of hydrogen-bond donors (Lipinski definition) is 1. The van der Waals surface area contributed by atoms with Crippen LogP contribution in [0.25, 0.3) is 0 Å². The quantitative estimate of drug-likeness (QED) is 0.853. The van der Waals surface area contributed by atoms with E-state index in [9.17, 15) is 9.90 Å². The fourth-order valence-electron chi connectivity index (χ4n) is 2.79. The minimum atomic E-state index is -0.938. The Labute approximate surface area is 109 Å². The van der Waals surface area contributed by atoms with Crippen molar-refractivity contribution in [1.82, 2.24) is 0 Å². The van der Waals surface area contributed by atoms with Crippen LogP contribution in [0.4, 0.5) is 0 Å². The third-order valence-electron chi connectivity index (χ3n) is 3.47. The molecule has 5 heteroatoms. The largest absolute Gasteiger partial charge is 0.493 e. The summed E-state index contributed by atoms with van der Waals surface area (Å²) in [5.41, 5.74) is 3.06. The molecule has 0 aromatic heterocycles. The highest BCUT2D eigenvalue weighted by molar-refractivity contribution is 6.18. The Morgan fingerprint density at radius 3 is 2.50 bits per heavy atom. The second-order valence-corrected chi connectivity index (χ2v) is 4.79. The molecule has 18 heavy (non-hydrogen) atoms. The molecular weight excluding hydrogens is 256 g/mol. The average Bonchev–Trinajstić information content (AvgIpc) is 2.96. The molecular formula is C13H13ClO4. The van der Waals surface area contributed by atoms with Gasteiger partial charge in [-0.3, -0.25) is 0 Å². The van der Waals surface area contributed by atoms with E-state index in [-0.39, 0.29) is 5.56 Å². The number of benzene rings is 1. The third-order valence-corrected chi connectivity index (χ3v) is 3.66. The zero-order valence-corrected chi connectivity index (χ0v) is 10.5. The molecule has 0 spiro atoms. The lowest BCUT2D eigenvalue weighted by molar-refractivity contribution is 0.0692. The lowest BCUT2D eigenvalue weighted by Crippen LogP contribution is -2.06. The molecule has 0 unspecified atom stereocenters. The number of hydrogen-bond acceptors (Lipinski definition) is 3. The van der Waals surface area contributed by atoms with Crippen molar-refractivity contribution in [3.05, 3.63) is 22.3 Å². The van der Waals surface area contributed by atoms with Crippen molar-refractivity contribution in [3.8, 4) is 11.5 Å². The van der Waals surface area contributed by atoms with Crippen LogP contribution in [0.1, 0.15) is 27.0 Å². The molecule has 0 bridgehead atoms. The van der Waals surface area contributed by atoms with Crippen LogP contribution in [0.15, 0.2) is 0 Å². The molecule has 3 rings (SSSR count). The first-order valence-corrected chi connectivity index (χ1v) is 6.53. The molecule has 0 amide bonds. The number of carboxylic acids is 1. The summed E-state index contributed by atoms with van der Waals surface area (Å²) < 4.78 is 11.1. The van der Waals surface area contributed by atoms with E-state index in [1.165, 1.54) is 0 Å². The van der Waals surface area contributed by atoms with Gasteiger partial charge in [0, 0.05) is 35.4 Å². The highest BCUT2D eigenvalue weighted by atomic mass is 35.5. The second kappa shape index (κ2) is 4.35. The van der Waals surface area contributed by atoms with Crippen molar-refractivity contribution in [2.75, 3.05) is 19.1 Å². The van der Waals surface area contributed by atoms with Crippen LogP contribution in [-0.2, 0) is 19.3 Å². The predicted molar refractivity (Wildman–Crippen MR) is 66.2 cm³/mol. The van der Waals surface area contributed by atoms with Gasteiger partial charge in [-0.1, -0.05) is 0 Å². The average molecular weight is 269 g/mol. The molecule has 2 heterocycles. The van der Waals surface area contributed by atoms with Crippen molar-refractivity contribution >= 4 is 17.6 Å². The molecule has 1 aromatic rings. The van der Waals surface area contributed by atoms with E-state index in [1.807, 2.05) is 0 Å². The van der Waals surface area contributed by atoms with Crippen molar-refractivity contribution in [3.63, 3.8) is 0 Å². The maximum Gasteiger partial charge on any atom is 0.339 e. The van der Waals surface area contributed by atoms with E-state index in [0.717, 1.165) is 28.9 Å². The van der Waals surface area contributed by atoms with Gasteiger partial charge in [-0.2, -0.15) is 0 Å². The van der Waals surface area contributed by atoms with Gasteiger partial charge < -0.3 is 14.6 Å². The summed E-state index contributed by atoms with van der Waals surface area (Å²) in [7, 11) is 0. The van der Waals surface area contributed by atoms with Crippen LogP contribution in [0.3, 0.4) is 0 Å². The van der Waals surface area contributed by atoms with Gasteiger partial charge in [0.15, 0.2) is 0 Å². The Kier molecular flexibility index (Phi) is 2.82. The van der Waals surface area contributed by atoms with Crippen molar-refractivity contribution in [2.45, 2.75) is 19.3 Å². The van der Waals surface area contributed by atoms with E-state index in [0.29, 0.717) is 37.7 Å². The minimum Gasteiger partial charge on any atom is -0.493 e. The highest BCUT2D eigenvalue weighted by Gasteiger charge is 2.33. The molecule has 96 valence electrons. The van der Waals surface area contributed by atoms with E-state index >= 15 is 0 Å². The van der Waals surface area contributed by atoms with E-state index in [4.69, 9.17) is 21.1 Å². The molecule has 0 saturated heterocycles. The van der Waals surface area contributed by atoms with Gasteiger partial charge in [-0.15, -0.1) is 11.6 Å². The van der Waals surface area contributed by atoms with Crippen molar-refractivity contribution in [2.24, 2.45) is 0 Å². The predicted octanol–water partition coefficient (Wildman–Crippen LogP) is 2.04. The molecule has 2 aliphatic rings. The maximum absolute atomic E-state index is 11.4. The van der Waals surface area contributed by atoms with Crippen LogP contribution in [0.2, 0.25) is 0 Å². The summed E-state index contributed by atoms with van der Waals surface area (Å²) in [6, 6.07) is 0. The highest BCUT2D eigenvalue weighted by Crippen LogP contribution is 2.44. The van der Waals surface area contributed by atoms with Gasteiger partial charge in [0.1, 0.15) is 17.1 Å². The first-order valence-electron chi connectivity index (χ1n) is 5.99. The number of rotatable bonds is 3. The van der Waals surface area contributed by atoms with E-state index in [1.54, 1.807) is 0 Å². The first kappa shape index (κ1) is 11.7. The molecule has 0 radical (unpaired) electrons. The fraction of sp³-hybridized carbons (Fsp3) is 0.462. The molecule has 2 aliphatic heterocycles. The molecule has 1 N–H and O–H groups in total. The summed E-state index contributed by atoms with van der Waals surface area (Å²) in [4.78, 5) is 11.4. The van der Waals surface area contributed by atoms with Crippen LogP contribution in [0.5, 0.6) is 11.5 Å². The Hall–Kier alpha value is -1.42. The van der Waals surface area contributed by atoms with Crippen molar-refractivity contribution in [1.29, 1.82) is 0 Å². The van der Waals surface area contributed by atoms with Crippen LogP contribution in [0, 0.1) is 0 Å². The number of aromatic carboxylic acids is 1. The molecule has 1 aromatic carbocycles. The minimum absolute atomic E-state index is 0.285. The molecule has 0 aliphatic carbocycles. The summed E-state index contributed by atoms with van der Waals surface area (Å²) in [6.45, 7) is 1.07. The summed E-state index contributed by atoms with van der Waals surface area (Å²) >= 11 is 5.83. The smallest absolute Gasteiger partial charge is 0.339 e. The van der Waals surface area contributed by atoms with E-state index in [2.05, 4.69) is 0 Å². The van der Waals surface area contributed by atoms with Gasteiger partial charge in [0.05, 0.1) is 13.2 Å². The molecule has 0 atom stereocenters. The fourth-order valence-corrected chi connectivity index (χ4v) is 2.98. The number of fused-ring (bicyclic) bond motifs is 2. The molecule has 0 saturated carbocycles. The zero-order valence-electron chi connectivity index (χ0n) is 9.79. The monoisotopic (exact) mass is 268 g/mol. The number of carbonyl (C=O) groups is 1. The second-order valence-electron chi connectivity index (χ2n) is 4.41. The molecule has 0 fully saturated rings. The van der Waals surface area contributed by atoms with Gasteiger partial charge in [0.2, 0.25) is 0 Å². The Morgan fingerprint density at radius 1 is 1.17 bits per heavy atom. The van der Waals surface area contributed by atoms with Crippen LogP contribution < -0.4 is 9.47 Å². The zero-order chi connectivity index (χ0) is 12.7. The van der Waals surface area contributed by atoms with E-state index < -0.39 is 5.97 Å². The standard InChI is InChI=1S/C13H13ClO4/c14-4-1-7-8-2-5-18-12(8)10(13(15)16)9-3-6-17-11(7)9/h1-6H2,(H,15,16). The summed E-state index contributed by atoms with van der Waals surface area (Å²) in [6.07, 6.45) is 2.05. The first-order chi connectivity index (χ1) is 8.74. The Bertz CT molecular complexity index is 489. The number of carboxylic acid groups (broad SMARTS) is 1. The molecule has 4 nitrogen and oxygen atoms in total. The normalized spacial score (nSPS) is 15.8. The van der Waals surface area contributed by atoms with Crippen molar-refractivity contribution < 1.29 is 19.4 Å². The van der Waals surface area contributed by atoms with Gasteiger partial charge in [-0.05, 0) is 6.42 Å². The third kappa shape index (κ3) is 1.56. The van der Waals surface area contributed by atoms with Crippen LogP contribution >= 0.6 is 11.6 Å². The summed E-state index contributed by atoms with van der Waals surface area (Å²) in [5, 5.41) is 9.37. The number of alkyl halides is 1. The Balaban J connectivity index is 2.28. The van der Waals surface area contributed by atoms with Gasteiger partial charge in [-0.25, -0.2) is 4.79 Å². The summed E-state index contributed by atoms with van der Waals surface area (Å²) in [5.74, 6) is 0.825. The Morgan fingerprint density at radius 2 is 1.83 bits per heavy atom. The lowest BCUT2D eigenvalue weighted by atomic mass is 9.93. The lowest BCUT2D eigenvalue weighted by Gasteiger charge is -2.14. The van der Waals surface area contributed by atoms with Crippen LogP contribution in [-0.4, -0.2) is 30.2 Å². The van der Waals surface area contributed by atoms with Gasteiger partial charge >= 0.3 is 5.97 Å². The number of ether oxygens (including phenoxy) is 2. The topological polar surface area (TPSA) is 55.8 Å².